The first-order valence-electron chi connectivity index (χ1n) is 9.31. The van der Waals surface area contributed by atoms with Crippen LogP contribution in [0.25, 0.3) is 0 Å². The molecule has 0 amide bonds. The molecule has 3 aromatic rings. The fraction of sp³-hybridized carbons (Fsp3) is 0.120. The van der Waals surface area contributed by atoms with Crippen molar-refractivity contribution < 1.29 is 5.11 Å². The van der Waals surface area contributed by atoms with Gasteiger partial charge in [0.25, 0.3) is 0 Å². The second-order valence-corrected chi connectivity index (χ2v) is 11.0. The minimum Gasteiger partial charge on any atom is -0.388 e. The first-order valence-corrected chi connectivity index (χ1v) is 11.6. The average molecular weight is 371 g/mol. The normalized spacial score (nSPS) is 13.5. The minimum atomic E-state index is -2.41. The maximum atomic E-state index is 11.4. The Kier molecular flexibility index (Phi) is 6.22. The van der Waals surface area contributed by atoms with Crippen molar-refractivity contribution in [2.24, 2.45) is 0 Å². The van der Waals surface area contributed by atoms with Gasteiger partial charge in [-0.2, -0.15) is 0 Å². The second kappa shape index (κ2) is 8.80. The molecule has 0 radical (unpaired) electrons. The molecule has 0 unspecified atom stereocenters. The quantitative estimate of drug-likeness (QED) is 0.449. The zero-order valence-electron chi connectivity index (χ0n) is 15.5. The number of rotatable bonds is 8. The predicted molar refractivity (Wildman–Crippen MR) is 118 cm³/mol. The Morgan fingerprint density at radius 3 is 1.59 bits per heavy atom. The molecule has 2 heteroatoms. The van der Waals surface area contributed by atoms with Gasteiger partial charge in [-0.15, -0.1) is 13.2 Å². The lowest BCUT2D eigenvalue weighted by molar-refractivity contribution is 0.179. The Balaban J connectivity index is 2.24. The van der Waals surface area contributed by atoms with Crippen molar-refractivity contribution in [1.82, 2.24) is 0 Å². The molecule has 27 heavy (non-hydrogen) atoms. The summed E-state index contributed by atoms with van der Waals surface area (Å²) in [7, 11) is -2.41. The second-order valence-electron chi connectivity index (χ2n) is 6.81. The van der Waals surface area contributed by atoms with Gasteiger partial charge in [-0.1, -0.05) is 114 Å². The molecule has 0 saturated carbocycles. The number of aliphatic hydroxyl groups excluding tert-OH is 1. The van der Waals surface area contributed by atoms with Gasteiger partial charge in [0.1, 0.15) is 8.07 Å². The van der Waals surface area contributed by atoms with E-state index in [0.29, 0.717) is 0 Å². The lowest BCUT2D eigenvalue weighted by Gasteiger charge is -2.40. The molecular weight excluding hydrogens is 344 g/mol. The third-order valence-electron chi connectivity index (χ3n) is 5.35. The number of benzene rings is 3. The zero-order valence-corrected chi connectivity index (χ0v) is 16.5. The molecule has 3 aromatic carbocycles. The van der Waals surface area contributed by atoms with Crippen LogP contribution in [0.4, 0.5) is 0 Å². The molecule has 0 aliphatic rings. The molecule has 3 rings (SSSR count). The highest BCUT2D eigenvalue weighted by Crippen LogP contribution is 2.38. The molecule has 0 aliphatic heterocycles. The van der Waals surface area contributed by atoms with Gasteiger partial charge < -0.3 is 5.11 Å². The summed E-state index contributed by atoms with van der Waals surface area (Å²) in [6.07, 6.45) is 3.34. The topological polar surface area (TPSA) is 20.2 Å². The summed E-state index contributed by atoms with van der Waals surface area (Å²) < 4.78 is 0. The Labute approximate surface area is 163 Å². The van der Waals surface area contributed by atoms with Crippen molar-refractivity contribution in [3.8, 4) is 0 Å². The van der Waals surface area contributed by atoms with Crippen molar-refractivity contribution in [3.63, 3.8) is 0 Å². The smallest absolute Gasteiger partial charge is 0.131 e. The van der Waals surface area contributed by atoms with Gasteiger partial charge in [0.15, 0.2) is 0 Å². The van der Waals surface area contributed by atoms with Crippen LogP contribution in [0.1, 0.15) is 11.7 Å². The van der Waals surface area contributed by atoms with Gasteiger partial charge in [0.05, 0.1) is 6.10 Å². The zero-order chi connectivity index (χ0) is 19.1. The summed E-state index contributed by atoms with van der Waals surface area (Å²) in [6, 6.07) is 31.9. The highest BCUT2D eigenvalue weighted by Gasteiger charge is 2.45. The molecule has 0 spiro atoms. The third-order valence-corrected chi connectivity index (χ3v) is 10.7. The summed E-state index contributed by atoms with van der Waals surface area (Å²) in [5.74, 6) is 0. The fourth-order valence-corrected chi connectivity index (χ4v) is 9.09. The van der Waals surface area contributed by atoms with Gasteiger partial charge in [0, 0.05) is 5.54 Å². The number of hydrogen-bond donors (Lipinski definition) is 1. The van der Waals surface area contributed by atoms with E-state index in [2.05, 4.69) is 61.7 Å². The Bertz CT molecular complexity index is 819. The summed E-state index contributed by atoms with van der Waals surface area (Å²) in [4.78, 5) is 0. The van der Waals surface area contributed by atoms with Gasteiger partial charge in [-0.05, 0) is 11.6 Å². The highest BCUT2D eigenvalue weighted by molar-refractivity contribution is 7.04. The van der Waals surface area contributed by atoms with E-state index in [0.717, 1.165) is 11.6 Å². The molecule has 1 nitrogen and oxygen atoms in total. The Morgan fingerprint density at radius 1 is 0.741 bits per heavy atom. The van der Waals surface area contributed by atoms with Crippen molar-refractivity contribution in [2.75, 3.05) is 0 Å². The molecule has 0 aromatic heterocycles. The lowest BCUT2D eigenvalue weighted by Crippen LogP contribution is -2.62. The molecule has 1 N–H and O–H groups in total. The molecule has 2 atom stereocenters. The van der Waals surface area contributed by atoms with E-state index in [4.69, 9.17) is 0 Å². The first kappa shape index (κ1) is 19.1. The van der Waals surface area contributed by atoms with Crippen molar-refractivity contribution >= 4 is 18.4 Å². The monoisotopic (exact) mass is 370 g/mol. The van der Waals surface area contributed by atoms with Gasteiger partial charge >= 0.3 is 0 Å². The number of aliphatic hydroxyl groups is 1. The summed E-state index contributed by atoms with van der Waals surface area (Å²) in [6.45, 7) is 8.21. The van der Waals surface area contributed by atoms with E-state index in [1.54, 1.807) is 0 Å². The lowest BCUT2D eigenvalue weighted by atomic mass is 10.1. The van der Waals surface area contributed by atoms with E-state index in [1.807, 2.05) is 54.6 Å². The molecule has 0 aliphatic carbocycles. The van der Waals surface area contributed by atoms with Crippen LogP contribution < -0.4 is 10.4 Å². The van der Waals surface area contributed by atoms with Crippen LogP contribution in [0.2, 0.25) is 11.6 Å². The summed E-state index contributed by atoms with van der Waals surface area (Å²) >= 11 is 0. The Morgan fingerprint density at radius 2 is 1.19 bits per heavy atom. The van der Waals surface area contributed by atoms with E-state index < -0.39 is 14.2 Å². The SMILES string of the molecule is C=CC[Si](c1ccccc1)(c1ccccc1)[C@@H](C=C)[C@H](O)c1ccccc1. The first-order chi connectivity index (χ1) is 13.2. The van der Waals surface area contributed by atoms with E-state index >= 15 is 0 Å². The molecule has 0 fully saturated rings. The standard InChI is InChI=1S/C25H26OSi/c1-3-20-27(22-16-10-6-11-17-22,23-18-12-7-13-19-23)24(4-2)25(26)21-14-8-5-9-15-21/h3-19,24-26H,1-2,20H2/t24-,25+/m0/s1. The van der Waals surface area contributed by atoms with Crippen LogP contribution in [0.15, 0.2) is 116 Å². The third kappa shape index (κ3) is 3.73. The van der Waals surface area contributed by atoms with Crippen LogP contribution >= 0.6 is 0 Å². The van der Waals surface area contributed by atoms with Crippen LogP contribution in [-0.2, 0) is 0 Å². The van der Waals surface area contributed by atoms with E-state index in [1.165, 1.54) is 10.4 Å². The highest BCUT2D eigenvalue weighted by atomic mass is 28.3. The molecule has 0 heterocycles. The molecule has 0 saturated heterocycles. The van der Waals surface area contributed by atoms with Crippen LogP contribution in [0, 0.1) is 0 Å². The Hall–Kier alpha value is -2.68. The molecule has 136 valence electrons. The summed E-state index contributed by atoms with van der Waals surface area (Å²) in [5, 5.41) is 14.0. The van der Waals surface area contributed by atoms with E-state index in [9.17, 15) is 5.11 Å². The van der Waals surface area contributed by atoms with Crippen LogP contribution in [0.3, 0.4) is 0 Å². The number of allylic oxidation sites excluding steroid dienone is 1. The van der Waals surface area contributed by atoms with Crippen molar-refractivity contribution in [3.05, 3.63) is 122 Å². The maximum Gasteiger partial charge on any atom is 0.131 e. The van der Waals surface area contributed by atoms with Gasteiger partial charge in [0.2, 0.25) is 0 Å². The average Bonchev–Trinajstić information content (AvgIpc) is 2.75. The maximum absolute atomic E-state index is 11.4. The van der Waals surface area contributed by atoms with Crippen molar-refractivity contribution in [2.45, 2.75) is 17.7 Å². The molecular formula is C25H26OSi. The fourth-order valence-electron chi connectivity index (χ4n) is 4.08. The minimum absolute atomic E-state index is 0.0808. The van der Waals surface area contributed by atoms with Crippen LogP contribution in [0.5, 0.6) is 0 Å². The largest absolute Gasteiger partial charge is 0.388 e. The predicted octanol–water partition coefficient (Wildman–Crippen LogP) is 4.73. The van der Waals surface area contributed by atoms with Crippen molar-refractivity contribution in [1.29, 1.82) is 0 Å². The summed E-state index contributed by atoms with van der Waals surface area (Å²) in [5.41, 5.74) is 0.845. The van der Waals surface area contributed by atoms with Crippen LogP contribution in [-0.4, -0.2) is 13.2 Å². The van der Waals surface area contributed by atoms with E-state index in [-0.39, 0.29) is 5.54 Å². The number of hydrogen-bond acceptors (Lipinski definition) is 1. The molecule has 0 bridgehead atoms. The van der Waals surface area contributed by atoms with Gasteiger partial charge in [-0.25, -0.2) is 0 Å². The van der Waals surface area contributed by atoms with Gasteiger partial charge in [-0.3, -0.25) is 0 Å².